The molecule has 0 saturated heterocycles. The zero-order valence-corrected chi connectivity index (χ0v) is 12.9. The van der Waals surface area contributed by atoms with Crippen molar-refractivity contribution < 1.29 is 14.3 Å². The Kier molecular flexibility index (Phi) is 4.33. The number of carbonyl (C=O) groups is 1. The van der Waals surface area contributed by atoms with Crippen molar-refractivity contribution in [3.63, 3.8) is 0 Å². The Morgan fingerprint density at radius 1 is 1.10 bits per heavy atom. The molecule has 0 aliphatic carbocycles. The number of anilines is 1. The van der Waals surface area contributed by atoms with Crippen LogP contribution in [0.15, 0.2) is 36.4 Å². The smallest absolute Gasteiger partial charge is 0.248 e. The van der Waals surface area contributed by atoms with Crippen molar-refractivity contribution in [3.8, 4) is 17.2 Å². The second-order valence-electron chi connectivity index (χ2n) is 4.02. The number of amides is 1. The second-order valence-corrected chi connectivity index (χ2v) is 5.18. The summed E-state index contributed by atoms with van der Waals surface area (Å²) in [5.41, 5.74) is 12.0. The van der Waals surface area contributed by atoms with E-state index in [0.29, 0.717) is 28.5 Å². The van der Waals surface area contributed by atoms with E-state index in [1.54, 1.807) is 36.4 Å². The minimum atomic E-state index is -0.517. The van der Waals surface area contributed by atoms with E-state index in [2.05, 4.69) is 22.6 Å². The van der Waals surface area contributed by atoms with Crippen LogP contribution in [0.4, 0.5) is 5.69 Å². The van der Waals surface area contributed by atoms with E-state index < -0.39 is 5.91 Å². The molecule has 0 aliphatic heterocycles. The van der Waals surface area contributed by atoms with Crippen LogP contribution in [0.1, 0.15) is 10.4 Å². The van der Waals surface area contributed by atoms with Gasteiger partial charge in [-0.05, 0) is 59.0 Å². The number of primary amides is 1. The molecule has 20 heavy (non-hydrogen) atoms. The summed E-state index contributed by atoms with van der Waals surface area (Å²) in [4.78, 5) is 11.1. The van der Waals surface area contributed by atoms with Gasteiger partial charge in [-0.1, -0.05) is 0 Å². The highest BCUT2D eigenvalue weighted by molar-refractivity contribution is 14.1. The lowest BCUT2D eigenvalue weighted by molar-refractivity contribution is 0.1000. The topological polar surface area (TPSA) is 87.6 Å². The van der Waals surface area contributed by atoms with Crippen molar-refractivity contribution in [2.24, 2.45) is 5.73 Å². The molecule has 2 rings (SSSR count). The number of hydrogen-bond donors (Lipinski definition) is 2. The number of methoxy groups -OCH3 is 1. The van der Waals surface area contributed by atoms with Crippen molar-refractivity contribution in [2.75, 3.05) is 12.8 Å². The zero-order valence-electron chi connectivity index (χ0n) is 10.7. The molecule has 0 spiro atoms. The van der Waals surface area contributed by atoms with Crippen LogP contribution in [0.25, 0.3) is 0 Å². The first-order valence-corrected chi connectivity index (χ1v) is 6.80. The van der Waals surface area contributed by atoms with Crippen LogP contribution in [0.5, 0.6) is 17.2 Å². The Labute approximate surface area is 130 Å². The summed E-state index contributed by atoms with van der Waals surface area (Å²) in [6, 6.07) is 10.1. The van der Waals surface area contributed by atoms with Crippen LogP contribution in [0, 0.1) is 3.57 Å². The lowest BCUT2D eigenvalue weighted by Gasteiger charge is -2.12. The summed E-state index contributed by atoms with van der Waals surface area (Å²) >= 11 is 2.13. The van der Waals surface area contributed by atoms with Crippen LogP contribution in [0.3, 0.4) is 0 Å². The van der Waals surface area contributed by atoms with E-state index >= 15 is 0 Å². The van der Waals surface area contributed by atoms with Gasteiger partial charge in [0.15, 0.2) is 11.5 Å². The molecule has 0 fully saturated rings. The molecule has 0 saturated carbocycles. The van der Waals surface area contributed by atoms with Gasteiger partial charge in [-0.3, -0.25) is 4.79 Å². The second kappa shape index (κ2) is 6.00. The first kappa shape index (κ1) is 14.4. The van der Waals surface area contributed by atoms with Gasteiger partial charge in [0.05, 0.1) is 10.7 Å². The van der Waals surface area contributed by atoms with E-state index in [-0.39, 0.29) is 0 Å². The number of hydrogen-bond acceptors (Lipinski definition) is 4. The molecule has 0 atom stereocenters. The van der Waals surface area contributed by atoms with Crippen molar-refractivity contribution in [1.82, 2.24) is 0 Å². The number of nitrogen functional groups attached to an aromatic ring is 1. The Morgan fingerprint density at radius 3 is 2.40 bits per heavy atom. The van der Waals surface area contributed by atoms with Gasteiger partial charge in [-0.25, -0.2) is 0 Å². The highest BCUT2D eigenvalue weighted by atomic mass is 127. The molecule has 2 aromatic rings. The molecule has 6 heteroatoms. The van der Waals surface area contributed by atoms with Gasteiger partial charge in [0.2, 0.25) is 5.91 Å². The molecule has 5 nitrogen and oxygen atoms in total. The van der Waals surface area contributed by atoms with Crippen LogP contribution in [-0.2, 0) is 0 Å². The Balaban J connectivity index is 2.35. The van der Waals surface area contributed by atoms with Gasteiger partial charge >= 0.3 is 0 Å². The third-order valence-corrected chi connectivity index (χ3v) is 3.47. The maximum absolute atomic E-state index is 11.1. The predicted molar refractivity (Wildman–Crippen MR) is 85.2 cm³/mol. The first-order chi connectivity index (χ1) is 9.51. The SMILES string of the molecule is COc1cc(C(N)=O)ccc1Oc1ccc(N)cc1I. The van der Waals surface area contributed by atoms with Gasteiger partial charge < -0.3 is 20.9 Å². The molecular weight excluding hydrogens is 371 g/mol. The van der Waals surface area contributed by atoms with E-state index in [9.17, 15) is 4.79 Å². The number of ether oxygens (including phenoxy) is 2. The number of nitrogens with two attached hydrogens (primary N) is 2. The number of carbonyl (C=O) groups excluding carboxylic acids is 1. The minimum Gasteiger partial charge on any atom is -0.493 e. The molecule has 0 heterocycles. The Hall–Kier alpha value is -1.96. The lowest BCUT2D eigenvalue weighted by Crippen LogP contribution is -2.10. The average molecular weight is 384 g/mol. The quantitative estimate of drug-likeness (QED) is 0.627. The van der Waals surface area contributed by atoms with Gasteiger partial charge in [-0.2, -0.15) is 0 Å². The Morgan fingerprint density at radius 2 is 1.80 bits per heavy atom. The fourth-order valence-electron chi connectivity index (χ4n) is 1.62. The van der Waals surface area contributed by atoms with Crippen molar-refractivity contribution in [2.45, 2.75) is 0 Å². The molecule has 1 amide bonds. The van der Waals surface area contributed by atoms with Crippen LogP contribution in [-0.4, -0.2) is 13.0 Å². The molecule has 0 unspecified atom stereocenters. The van der Waals surface area contributed by atoms with Gasteiger partial charge in [0.1, 0.15) is 5.75 Å². The third-order valence-electron chi connectivity index (χ3n) is 2.62. The highest BCUT2D eigenvalue weighted by Gasteiger charge is 2.11. The fraction of sp³-hybridized carbons (Fsp3) is 0.0714. The summed E-state index contributed by atoms with van der Waals surface area (Å²) in [5, 5.41) is 0. The standard InChI is InChI=1S/C14H13IN2O3/c1-19-13-6-8(14(17)18)2-4-12(13)20-11-5-3-9(16)7-10(11)15/h2-7H,16H2,1H3,(H2,17,18). The molecule has 0 radical (unpaired) electrons. The molecule has 0 aliphatic rings. The van der Waals surface area contributed by atoms with Crippen molar-refractivity contribution in [1.29, 1.82) is 0 Å². The number of benzene rings is 2. The van der Waals surface area contributed by atoms with E-state index in [1.807, 2.05) is 0 Å². The van der Waals surface area contributed by atoms with Crippen LogP contribution >= 0.6 is 22.6 Å². The van der Waals surface area contributed by atoms with Gasteiger partial charge in [0, 0.05) is 11.3 Å². The van der Waals surface area contributed by atoms with Crippen LogP contribution < -0.4 is 20.9 Å². The van der Waals surface area contributed by atoms with E-state index in [1.165, 1.54) is 7.11 Å². The lowest BCUT2D eigenvalue weighted by atomic mass is 10.2. The predicted octanol–water partition coefficient (Wildman–Crippen LogP) is 2.77. The monoisotopic (exact) mass is 384 g/mol. The zero-order chi connectivity index (χ0) is 14.7. The largest absolute Gasteiger partial charge is 0.493 e. The Bertz CT molecular complexity index is 659. The maximum atomic E-state index is 11.1. The summed E-state index contributed by atoms with van der Waals surface area (Å²) in [6.45, 7) is 0. The summed E-state index contributed by atoms with van der Waals surface area (Å²) in [6.07, 6.45) is 0. The molecule has 2 aromatic carbocycles. The third kappa shape index (κ3) is 3.13. The van der Waals surface area contributed by atoms with Crippen molar-refractivity contribution >= 4 is 34.2 Å². The summed E-state index contributed by atoms with van der Waals surface area (Å²) in [7, 11) is 1.50. The number of halogens is 1. The van der Waals surface area contributed by atoms with E-state index in [4.69, 9.17) is 20.9 Å². The maximum Gasteiger partial charge on any atom is 0.248 e. The highest BCUT2D eigenvalue weighted by Crippen LogP contribution is 2.34. The van der Waals surface area contributed by atoms with Crippen molar-refractivity contribution in [3.05, 3.63) is 45.5 Å². The van der Waals surface area contributed by atoms with Crippen LogP contribution in [0.2, 0.25) is 0 Å². The molecule has 4 N–H and O–H groups in total. The first-order valence-electron chi connectivity index (χ1n) is 5.72. The van der Waals surface area contributed by atoms with Gasteiger partial charge in [-0.15, -0.1) is 0 Å². The minimum absolute atomic E-state index is 0.362. The molecule has 0 aromatic heterocycles. The van der Waals surface area contributed by atoms with E-state index in [0.717, 1.165) is 3.57 Å². The molecular formula is C14H13IN2O3. The summed E-state index contributed by atoms with van der Waals surface area (Å²) in [5.74, 6) is 1.08. The molecule has 104 valence electrons. The number of rotatable bonds is 4. The normalized spacial score (nSPS) is 10.1. The summed E-state index contributed by atoms with van der Waals surface area (Å²) < 4.78 is 11.9. The average Bonchev–Trinajstić information content (AvgIpc) is 2.42. The fourth-order valence-corrected chi connectivity index (χ4v) is 2.27. The van der Waals surface area contributed by atoms with Gasteiger partial charge in [0.25, 0.3) is 0 Å². The molecule has 0 bridgehead atoms.